The molecule has 0 spiro atoms. The highest BCUT2D eigenvalue weighted by Crippen LogP contribution is 2.34. The Morgan fingerprint density at radius 2 is 1.42 bits per heavy atom. The van der Waals surface area contributed by atoms with Crippen molar-refractivity contribution in [3.05, 3.63) is 35.9 Å². The number of Topliss-reactive ketones (excluding diaryl/α,β-unsaturated/α-hetero) is 1. The molecule has 3 aliphatic rings. The van der Waals surface area contributed by atoms with E-state index in [1.807, 2.05) is 44.2 Å². The lowest BCUT2D eigenvalue weighted by Crippen LogP contribution is -2.59. The molecule has 4 rings (SSSR count). The van der Waals surface area contributed by atoms with Gasteiger partial charge in [-0.15, -0.1) is 0 Å². The zero-order chi connectivity index (χ0) is 38.5. The Hall–Kier alpha value is -3.96. The van der Waals surface area contributed by atoms with Gasteiger partial charge in [-0.25, -0.2) is 9.59 Å². The van der Waals surface area contributed by atoms with E-state index >= 15 is 0 Å². The van der Waals surface area contributed by atoms with Gasteiger partial charge in [-0.1, -0.05) is 103 Å². The largest absolute Gasteiger partial charge is 0.456 e. The fourth-order valence-corrected chi connectivity index (χ4v) is 7.11. The molecule has 0 aromatic heterocycles. The number of ether oxygens (including phenoxy) is 1. The summed E-state index contributed by atoms with van der Waals surface area (Å²) in [6, 6.07) is 4.77. The fraction of sp³-hybridized carbons (Fsp3) is 0.700. The van der Waals surface area contributed by atoms with Crippen molar-refractivity contribution in [2.24, 2.45) is 35.3 Å². The monoisotopic (exact) mass is 725 g/mol. The summed E-state index contributed by atoms with van der Waals surface area (Å²) < 4.78 is 5.57. The van der Waals surface area contributed by atoms with Crippen molar-refractivity contribution in [1.82, 2.24) is 20.9 Å². The Labute approximate surface area is 310 Å². The van der Waals surface area contributed by atoms with E-state index in [0.29, 0.717) is 19.4 Å². The molecule has 0 bridgehead atoms. The van der Waals surface area contributed by atoms with Crippen LogP contribution in [0.2, 0.25) is 0 Å². The quantitative estimate of drug-likeness (QED) is 0.151. The van der Waals surface area contributed by atoms with E-state index in [9.17, 15) is 28.8 Å². The molecule has 2 aliphatic carbocycles. The first-order chi connectivity index (χ1) is 24.6. The van der Waals surface area contributed by atoms with Gasteiger partial charge in [0.05, 0.1) is 6.04 Å². The van der Waals surface area contributed by atoms with Crippen LogP contribution < -0.4 is 21.7 Å². The second-order valence-electron chi connectivity index (χ2n) is 16.0. The molecule has 6 atom stereocenters. The molecule has 5 N–H and O–H groups in total. The lowest BCUT2D eigenvalue weighted by molar-refractivity contribution is -0.150. The lowest BCUT2D eigenvalue weighted by Gasteiger charge is -2.35. The molecule has 0 radical (unpaired) electrons. The van der Waals surface area contributed by atoms with Gasteiger partial charge >= 0.3 is 12.0 Å². The minimum Gasteiger partial charge on any atom is -0.456 e. The van der Waals surface area contributed by atoms with Crippen LogP contribution in [0.4, 0.5) is 4.79 Å². The van der Waals surface area contributed by atoms with Gasteiger partial charge in [0.2, 0.25) is 17.6 Å². The highest BCUT2D eigenvalue weighted by molar-refractivity contribution is 6.37. The smallest absolute Gasteiger partial charge is 0.329 e. The summed E-state index contributed by atoms with van der Waals surface area (Å²) in [6.07, 6.45) is 7.41. The Morgan fingerprint density at radius 1 is 0.808 bits per heavy atom. The molecule has 1 heterocycles. The van der Waals surface area contributed by atoms with Gasteiger partial charge in [-0.05, 0) is 74.7 Å². The van der Waals surface area contributed by atoms with E-state index in [0.717, 1.165) is 62.8 Å². The first-order valence-electron chi connectivity index (χ1n) is 19.4. The van der Waals surface area contributed by atoms with Crippen LogP contribution >= 0.6 is 0 Å². The third-order valence-corrected chi connectivity index (χ3v) is 10.5. The van der Waals surface area contributed by atoms with Crippen LogP contribution in [0.5, 0.6) is 0 Å². The molecule has 3 fully saturated rings. The van der Waals surface area contributed by atoms with E-state index in [2.05, 4.69) is 36.7 Å². The number of rotatable bonds is 14. The number of nitrogens with zero attached hydrogens (tertiary/aromatic N) is 1. The molecular formula is C40H63N5O7. The van der Waals surface area contributed by atoms with Crippen molar-refractivity contribution in [3.8, 4) is 0 Å². The maximum atomic E-state index is 14.4. The minimum atomic E-state index is -1.10. The number of benzene rings is 1. The first kappa shape index (κ1) is 42.5. The van der Waals surface area contributed by atoms with Crippen LogP contribution in [0.25, 0.3) is 0 Å². The van der Waals surface area contributed by atoms with E-state index in [1.54, 1.807) is 6.92 Å². The Balaban J connectivity index is 0.00000173. The summed E-state index contributed by atoms with van der Waals surface area (Å²) in [7, 11) is 0. The van der Waals surface area contributed by atoms with E-state index in [-0.39, 0.29) is 29.6 Å². The normalized spacial score (nSPS) is 21.4. The summed E-state index contributed by atoms with van der Waals surface area (Å²) in [4.78, 5) is 80.5. The van der Waals surface area contributed by atoms with Crippen LogP contribution in [0, 0.1) is 29.6 Å². The number of carbonyl (C=O) groups is 6. The lowest BCUT2D eigenvalue weighted by atomic mass is 9.80. The number of nitrogens with two attached hydrogens (primary N) is 1. The number of esters is 1. The second kappa shape index (κ2) is 20.3. The summed E-state index contributed by atoms with van der Waals surface area (Å²) >= 11 is 0. The number of ketones is 1. The Morgan fingerprint density at radius 3 is 1.96 bits per heavy atom. The number of hydrogen-bond acceptors (Lipinski definition) is 7. The van der Waals surface area contributed by atoms with Gasteiger partial charge in [0.1, 0.15) is 24.2 Å². The van der Waals surface area contributed by atoms with E-state index in [1.165, 1.54) is 11.8 Å². The molecule has 1 aromatic rings. The van der Waals surface area contributed by atoms with Crippen molar-refractivity contribution < 1.29 is 33.5 Å². The molecule has 12 nitrogen and oxygen atoms in total. The third kappa shape index (κ3) is 12.6. The van der Waals surface area contributed by atoms with Crippen molar-refractivity contribution in [1.29, 1.82) is 0 Å². The predicted octanol–water partition coefficient (Wildman–Crippen LogP) is 5.19. The molecule has 12 heteroatoms. The predicted molar refractivity (Wildman–Crippen MR) is 199 cm³/mol. The van der Waals surface area contributed by atoms with Gasteiger partial charge in [0, 0.05) is 6.54 Å². The van der Waals surface area contributed by atoms with Crippen LogP contribution in [0.15, 0.2) is 30.3 Å². The zero-order valence-corrected chi connectivity index (χ0v) is 32.3. The topological polar surface area (TPSA) is 177 Å². The number of nitrogens with one attached hydrogen (secondary N) is 3. The van der Waals surface area contributed by atoms with Gasteiger partial charge in [-0.3, -0.25) is 19.2 Å². The summed E-state index contributed by atoms with van der Waals surface area (Å²) in [6.45, 7) is 14.2. The number of hydrogen-bond donors (Lipinski definition) is 4. The van der Waals surface area contributed by atoms with Crippen LogP contribution in [-0.4, -0.2) is 71.1 Å². The van der Waals surface area contributed by atoms with Gasteiger partial charge < -0.3 is 31.3 Å². The highest BCUT2D eigenvalue weighted by atomic mass is 16.5. The van der Waals surface area contributed by atoms with Gasteiger partial charge in [-0.2, -0.15) is 0 Å². The molecule has 1 aliphatic heterocycles. The molecule has 2 saturated carbocycles. The average Bonchev–Trinajstić information content (AvgIpc) is 3.54. The maximum absolute atomic E-state index is 14.4. The van der Waals surface area contributed by atoms with E-state index < -0.39 is 59.9 Å². The number of primary amides is 1. The number of likely N-dealkylation sites (tertiary alicyclic amines) is 1. The fourth-order valence-electron chi connectivity index (χ4n) is 7.11. The molecule has 1 saturated heterocycles. The number of amides is 5. The van der Waals surface area contributed by atoms with Crippen LogP contribution in [-0.2, 0) is 28.7 Å². The molecule has 52 heavy (non-hydrogen) atoms. The molecule has 290 valence electrons. The summed E-state index contributed by atoms with van der Waals surface area (Å²) in [5, 5.41) is 8.27. The van der Waals surface area contributed by atoms with Gasteiger partial charge in [0.25, 0.3) is 5.91 Å². The number of carbonyl (C=O) groups excluding carboxylic acids is 6. The Bertz CT molecular complexity index is 1360. The maximum Gasteiger partial charge on any atom is 0.329 e. The van der Waals surface area contributed by atoms with Crippen LogP contribution in [0.1, 0.15) is 124 Å². The van der Waals surface area contributed by atoms with Crippen molar-refractivity contribution in [3.63, 3.8) is 0 Å². The zero-order valence-electron chi connectivity index (χ0n) is 32.3. The highest BCUT2D eigenvalue weighted by Gasteiger charge is 2.45. The second-order valence-corrected chi connectivity index (χ2v) is 16.0. The summed E-state index contributed by atoms with van der Waals surface area (Å²) in [5.41, 5.74) is 6.15. The van der Waals surface area contributed by atoms with Crippen LogP contribution in [0.3, 0.4) is 0 Å². The van der Waals surface area contributed by atoms with Crippen molar-refractivity contribution in [2.45, 2.75) is 143 Å². The molecule has 1 aromatic carbocycles. The Kier molecular flexibility index (Phi) is 16.6. The standard InChI is InChI=1S/C36H53N5O7.C4H10/c1-21(2)27-19-29(33(44)39-28(31(42)32(37)43)18-24-12-11-13-24)41(20-27)34(45)30(26-16-9-6-10-17-26)40-36(47)38-22(3)35(46)48-23(4)25-14-7-5-8-15-25;1-4(2)3/h5,7-8,14-15,21-24,26-30H,6,9-13,16-20H2,1-4H3,(H2,37,43)(H,39,44)(H2,38,40,47);4H,1-3H3/t22?,23-,27+,28?,29-,30?;/m0./s1. The number of urea groups is 1. The van der Waals surface area contributed by atoms with E-state index in [4.69, 9.17) is 10.5 Å². The average molecular weight is 726 g/mol. The van der Waals surface area contributed by atoms with Crippen molar-refractivity contribution >= 4 is 35.5 Å². The molecule has 3 unspecified atom stereocenters. The van der Waals surface area contributed by atoms with Gasteiger partial charge in [0.15, 0.2) is 0 Å². The molecule has 5 amide bonds. The third-order valence-electron chi connectivity index (χ3n) is 10.5. The SMILES string of the molecule is CC(C)C.CC(NC(=O)NC(C(=O)N1C[C@H](C(C)C)C[C@H]1C(=O)NC(CC1CCC1)C(=O)C(N)=O)C1CCCCC1)C(=O)O[C@@H](C)c1ccccc1. The van der Waals surface area contributed by atoms with Crippen molar-refractivity contribution in [2.75, 3.05) is 6.54 Å². The summed E-state index contributed by atoms with van der Waals surface area (Å²) in [5.74, 6) is -2.32. The minimum absolute atomic E-state index is 0.0175. The first-order valence-corrected chi connectivity index (χ1v) is 19.4. The molecular weight excluding hydrogens is 662 g/mol.